The van der Waals surface area contributed by atoms with Crippen molar-refractivity contribution < 1.29 is 4.74 Å². The molecule has 1 fully saturated rings. The summed E-state index contributed by atoms with van der Waals surface area (Å²) >= 11 is 5.90. The van der Waals surface area contributed by atoms with E-state index in [0.29, 0.717) is 11.7 Å². The van der Waals surface area contributed by atoms with Gasteiger partial charge >= 0.3 is 0 Å². The highest BCUT2D eigenvalue weighted by Gasteiger charge is 2.42. The lowest BCUT2D eigenvalue weighted by Gasteiger charge is -2.29. The molecular weight excluding hydrogens is 440 g/mol. The summed E-state index contributed by atoms with van der Waals surface area (Å²) in [7, 11) is 0. The van der Waals surface area contributed by atoms with Gasteiger partial charge in [0, 0.05) is 29.5 Å². The third-order valence-corrected chi connectivity index (χ3v) is 6.41. The molecule has 0 amide bonds. The molecule has 4 aromatic rings. The molecular formula is C28H28N4OS. The van der Waals surface area contributed by atoms with Gasteiger partial charge in [0.2, 0.25) is 0 Å². The van der Waals surface area contributed by atoms with Crippen LogP contribution in [0.2, 0.25) is 0 Å². The molecule has 0 spiro atoms. The van der Waals surface area contributed by atoms with Gasteiger partial charge in [0.1, 0.15) is 11.8 Å². The molecule has 0 aliphatic carbocycles. The molecule has 5 nitrogen and oxygen atoms in total. The Morgan fingerprint density at radius 3 is 2.38 bits per heavy atom. The van der Waals surface area contributed by atoms with E-state index < -0.39 is 0 Å². The first kappa shape index (κ1) is 22.2. The van der Waals surface area contributed by atoms with Gasteiger partial charge in [0.15, 0.2) is 5.11 Å². The summed E-state index contributed by atoms with van der Waals surface area (Å²) in [5, 5.41) is 4.26. The summed E-state index contributed by atoms with van der Waals surface area (Å²) in [5.74, 6) is 0.867. The fourth-order valence-corrected chi connectivity index (χ4v) is 5.11. The number of ether oxygens (including phenoxy) is 1. The van der Waals surface area contributed by atoms with Crippen molar-refractivity contribution in [2.24, 2.45) is 0 Å². The highest BCUT2D eigenvalue weighted by atomic mass is 32.1. The smallest absolute Gasteiger partial charge is 0.174 e. The lowest BCUT2D eigenvalue weighted by atomic mass is 10.00. The third-order valence-electron chi connectivity index (χ3n) is 6.09. The first-order valence-electron chi connectivity index (χ1n) is 11.5. The Labute approximate surface area is 206 Å². The van der Waals surface area contributed by atoms with Gasteiger partial charge in [0.05, 0.1) is 18.3 Å². The second-order valence-corrected chi connectivity index (χ2v) is 8.96. The van der Waals surface area contributed by atoms with Gasteiger partial charge in [-0.15, -0.1) is 0 Å². The lowest BCUT2D eigenvalue weighted by Crippen LogP contribution is -2.30. The maximum atomic E-state index is 5.90. The number of anilines is 1. The normalized spacial score (nSPS) is 17.6. The maximum Gasteiger partial charge on any atom is 0.174 e. The highest BCUT2D eigenvalue weighted by Crippen LogP contribution is 2.42. The molecule has 5 rings (SSSR count). The van der Waals surface area contributed by atoms with E-state index in [0.717, 1.165) is 28.5 Å². The second-order valence-electron chi connectivity index (χ2n) is 8.57. The van der Waals surface area contributed by atoms with Gasteiger partial charge in [-0.2, -0.15) is 0 Å². The molecule has 2 atom stereocenters. The Morgan fingerprint density at radius 1 is 0.941 bits per heavy atom. The zero-order valence-electron chi connectivity index (χ0n) is 19.6. The number of pyridine rings is 1. The van der Waals surface area contributed by atoms with Gasteiger partial charge in [-0.25, -0.2) is 0 Å². The molecule has 1 saturated heterocycles. The van der Waals surface area contributed by atoms with Crippen LogP contribution < -0.4 is 15.0 Å². The van der Waals surface area contributed by atoms with Crippen LogP contribution in [-0.2, 0) is 0 Å². The Bertz CT molecular complexity index is 1280. The van der Waals surface area contributed by atoms with E-state index in [2.05, 4.69) is 88.3 Å². The molecule has 0 unspecified atom stereocenters. The number of benzene rings is 2. The van der Waals surface area contributed by atoms with Crippen LogP contribution in [0.5, 0.6) is 5.75 Å². The minimum atomic E-state index is -0.0918. The van der Waals surface area contributed by atoms with Crippen LogP contribution in [0.4, 0.5) is 5.69 Å². The fraction of sp³-hybridized carbons (Fsp3) is 0.214. The van der Waals surface area contributed by atoms with E-state index in [1.165, 1.54) is 11.1 Å². The number of rotatable bonds is 6. The summed E-state index contributed by atoms with van der Waals surface area (Å²) in [6, 6.07) is 24.9. The standard InChI is InChI=1S/C28H28N4OS/c1-4-33-23-12-10-21(11-13-23)31-15-7-9-25(31)27-26(24-8-5-6-14-29-24)30-28(34)32(27)22-17-19(2)16-20(3)18-22/h5-18,26-27H,4H2,1-3H3,(H,30,34)/t26-,27+/m0/s1. The Kier molecular flexibility index (Phi) is 6.07. The number of hydrogen-bond donors (Lipinski definition) is 1. The molecule has 2 aromatic carbocycles. The number of nitrogens with zero attached hydrogens (tertiary/aromatic N) is 3. The summed E-state index contributed by atoms with van der Waals surface area (Å²) in [6.07, 6.45) is 3.93. The molecule has 6 heteroatoms. The quantitative estimate of drug-likeness (QED) is 0.348. The van der Waals surface area contributed by atoms with Gasteiger partial charge < -0.3 is 19.5 Å². The number of aromatic nitrogens is 2. The lowest BCUT2D eigenvalue weighted by molar-refractivity contribution is 0.340. The highest BCUT2D eigenvalue weighted by molar-refractivity contribution is 7.80. The van der Waals surface area contributed by atoms with Crippen LogP contribution in [-0.4, -0.2) is 21.3 Å². The van der Waals surface area contributed by atoms with Crippen LogP contribution in [0.1, 0.15) is 41.5 Å². The summed E-state index contributed by atoms with van der Waals surface area (Å²) in [6.45, 7) is 6.89. The van der Waals surface area contributed by atoms with Crippen molar-refractivity contribution in [1.29, 1.82) is 0 Å². The molecule has 172 valence electrons. The van der Waals surface area contributed by atoms with Gasteiger partial charge in [-0.3, -0.25) is 4.98 Å². The zero-order chi connectivity index (χ0) is 23.7. The summed E-state index contributed by atoms with van der Waals surface area (Å²) < 4.78 is 7.87. The number of thiocarbonyl (C=S) groups is 1. The molecule has 2 aromatic heterocycles. The van der Waals surface area contributed by atoms with Crippen molar-refractivity contribution in [3.8, 4) is 11.4 Å². The van der Waals surface area contributed by atoms with Crippen molar-refractivity contribution in [2.45, 2.75) is 32.9 Å². The topological polar surface area (TPSA) is 42.3 Å². The van der Waals surface area contributed by atoms with Crippen molar-refractivity contribution in [1.82, 2.24) is 14.9 Å². The molecule has 0 bridgehead atoms. The van der Waals surface area contributed by atoms with Gasteiger partial charge in [-0.05, 0) is 105 Å². The fourth-order valence-electron chi connectivity index (χ4n) is 4.76. The number of hydrogen-bond acceptors (Lipinski definition) is 3. The van der Waals surface area contributed by atoms with Crippen LogP contribution in [0.3, 0.4) is 0 Å². The van der Waals surface area contributed by atoms with Crippen molar-refractivity contribution in [3.05, 3.63) is 108 Å². The molecule has 1 aliphatic rings. The summed E-state index contributed by atoms with van der Waals surface area (Å²) in [4.78, 5) is 6.91. The van der Waals surface area contributed by atoms with Crippen LogP contribution >= 0.6 is 12.2 Å². The van der Waals surface area contributed by atoms with Crippen molar-refractivity contribution in [2.75, 3.05) is 11.5 Å². The molecule has 1 N–H and O–H groups in total. The minimum Gasteiger partial charge on any atom is -0.494 e. The van der Waals surface area contributed by atoms with Crippen molar-refractivity contribution in [3.63, 3.8) is 0 Å². The average Bonchev–Trinajstić information content (AvgIpc) is 3.44. The average molecular weight is 469 g/mol. The Morgan fingerprint density at radius 2 is 1.71 bits per heavy atom. The Hall–Kier alpha value is -3.64. The van der Waals surface area contributed by atoms with E-state index >= 15 is 0 Å². The molecule has 0 radical (unpaired) electrons. The summed E-state index contributed by atoms with van der Waals surface area (Å²) in [5.41, 5.74) is 6.66. The monoisotopic (exact) mass is 468 g/mol. The SMILES string of the molecule is CCOc1ccc(-n2cccc2[C@@H]2[C@H](c3ccccn3)NC(=S)N2c2cc(C)cc(C)c2)cc1. The predicted molar refractivity (Wildman–Crippen MR) is 141 cm³/mol. The third kappa shape index (κ3) is 4.17. The minimum absolute atomic E-state index is 0.0785. The maximum absolute atomic E-state index is 5.90. The number of nitrogens with one attached hydrogen (secondary N) is 1. The molecule has 3 heterocycles. The largest absolute Gasteiger partial charge is 0.494 e. The van der Waals surface area contributed by atoms with Crippen molar-refractivity contribution >= 4 is 23.0 Å². The number of aryl methyl sites for hydroxylation is 2. The van der Waals surface area contributed by atoms with Gasteiger partial charge in [0.25, 0.3) is 0 Å². The van der Waals surface area contributed by atoms with E-state index in [-0.39, 0.29) is 12.1 Å². The Balaban J connectivity index is 1.63. The van der Waals surface area contributed by atoms with Crippen LogP contribution in [0.25, 0.3) is 5.69 Å². The van der Waals surface area contributed by atoms with E-state index in [4.69, 9.17) is 17.0 Å². The van der Waals surface area contributed by atoms with E-state index in [9.17, 15) is 0 Å². The predicted octanol–water partition coefficient (Wildman–Crippen LogP) is 6.06. The van der Waals surface area contributed by atoms with Gasteiger partial charge in [-0.1, -0.05) is 12.1 Å². The van der Waals surface area contributed by atoms with Crippen LogP contribution in [0.15, 0.2) is 85.2 Å². The van der Waals surface area contributed by atoms with Crippen LogP contribution in [0, 0.1) is 13.8 Å². The molecule has 34 heavy (non-hydrogen) atoms. The van der Waals surface area contributed by atoms with E-state index in [1.54, 1.807) is 0 Å². The first-order valence-corrected chi connectivity index (χ1v) is 12.0. The molecule has 1 aliphatic heterocycles. The molecule has 0 saturated carbocycles. The van der Waals surface area contributed by atoms with E-state index in [1.807, 2.05) is 37.4 Å². The second kappa shape index (κ2) is 9.31. The first-order chi connectivity index (χ1) is 16.5. The zero-order valence-corrected chi connectivity index (χ0v) is 20.4.